The molecule has 28 heavy (non-hydrogen) atoms. The highest BCUT2D eigenvalue weighted by Gasteiger charge is 2.30. The number of amides is 1. The number of hydrogen-bond donors (Lipinski definition) is 1. The lowest BCUT2D eigenvalue weighted by atomic mass is 10.2. The van der Waals surface area contributed by atoms with Gasteiger partial charge in [0.05, 0.1) is 5.56 Å². The summed E-state index contributed by atoms with van der Waals surface area (Å²) in [5, 5.41) is 4.64. The average molecular weight is 410 g/mol. The van der Waals surface area contributed by atoms with Crippen molar-refractivity contribution in [1.29, 1.82) is 0 Å². The molecule has 0 unspecified atom stereocenters. The van der Waals surface area contributed by atoms with Crippen LogP contribution in [0.3, 0.4) is 0 Å². The first-order valence-corrected chi connectivity index (χ1v) is 8.96. The van der Waals surface area contributed by atoms with Crippen LogP contribution in [0, 0.1) is 5.82 Å². The molecule has 0 radical (unpaired) electrons. The first-order valence-electron chi connectivity index (χ1n) is 8.08. The number of alkyl halides is 3. The summed E-state index contributed by atoms with van der Waals surface area (Å²) in [7, 11) is 0. The largest absolute Gasteiger partial charge is 0.486 e. The highest BCUT2D eigenvalue weighted by molar-refractivity contribution is 7.09. The molecule has 1 N–H and O–H groups in total. The molecule has 0 fully saturated rings. The number of nitrogens with zero attached hydrogens (tertiary/aromatic N) is 1. The van der Waals surface area contributed by atoms with E-state index >= 15 is 0 Å². The third-order valence-electron chi connectivity index (χ3n) is 3.67. The van der Waals surface area contributed by atoms with Gasteiger partial charge in [-0.15, -0.1) is 11.3 Å². The maximum absolute atomic E-state index is 12.9. The Labute approximate surface area is 161 Å². The summed E-state index contributed by atoms with van der Waals surface area (Å²) in [5.41, 5.74) is 0.109. The van der Waals surface area contributed by atoms with E-state index in [2.05, 4.69) is 10.3 Å². The van der Waals surface area contributed by atoms with E-state index in [0.29, 0.717) is 5.01 Å². The minimum absolute atomic E-state index is 0.0583. The molecule has 1 amide bonds. The Hall–Kier alpha value is -2.94. The zero-order valence-electron chi connectivity index (χ0n) is 14.3. The Balaban J connectivity index is 1.55. The number of rotatable bonds is 6. The molecule has 0 aliphatic carbocycles. The number of halogens is 4. The predicted molar refractivity (Wildman–Crippen MR) is 95.5 cm³/mol. The SMILES string of the molecule is O=C(NCc1ccc(F)cc1)c1csc(COc2cccc(C(F)(F)F)c2)n1. The molecule has 146 valence electrons. The molecule has 0 bridgehead atoms. The van der Waals surface area contributed by atoms with E-state index in [1.54, 1.807) is 12.1 Å². The molecule has 1 heterocycles. The smallest absolute Gasteiger partial charge is 0.416 e. The molecule has 0 spiro atoms. The molecule has 9 heteroatoms. The number of carbonyl (C=O) groups is 1. The van der Waals surface area contributed by atoms with E-state index in [1.165, 1.54) is 29.6 Å². The van der Waals surface area contributed by atoms with Gasteiger partial charge in [-0.05, 0) is 35.9 Å². The van der Waals surface area contributed by atoms with Crippen LogP contribution in [0.4, 0.5) is 17.6 Å². The molecule has 4 nitrogen and oxygen atoms in total. The first-order chi connectivity index (χ1) is 13.3. The van der Waals surface area contributed by atoms with Gasteiger partial charge in [0, 0.05) is 11.9 Å². The maximum atomic E-state index is 12.9. The fourth-order valence-electron chi connectivity index (χ4n) is 2.26. The number of hydrogen-bond acceptors (Lipinski definition) is 4. The van der Waals surface area contributed by atoms with Gasteiger partial charge in [0.15, 0.2) is 0 Å². The molecule has 0 aliphatic rings. The topological polar surface area (TPSA) is 51.2 Å². The van der Waals surface area contributed by atoms with Crippen molar-refractivity contribution in [3.05, 3.63) is 81.6 Å². The molecule has 0 atom stereocenters. The van der Waals surface area contributed by atoms with Crippen molar-refractivity contribution >= 4 is 17.2 Å². The van der Waals surface area contributed by atoms with Gasteiger partial charge in [0.1, 0.15) is 28.9 Å². The fourth-order valence-corrected chi connectivity index (χ4v) is 2.95. The Morgan fingerprint density at radius 2 is 1.89 bits per heavy atom. The van der Waals surface area contributed by atoms with Crippen LogP contribution in [0.25, 0.3) is 0 Å². The molecular weight excluding hydrogens is 396 g/mol. The number of aromatic nitrogens is 1. The normalized spacial score (nSPS) is 11.3. The molecule has 3 rings (SSSR count). The van der Waals surface area contributed by atoms with E-state index in [4.69, 9.17) is 4.74 Å². The quantitative estimate of drug-likeness (QED) is 0.594. The van der Waals surface area contributed by atoms with Crippen LogP contribution in [0.5, 0.6) is 5.75 Å². The van der Waals surface area contributed by atoms with E-state index in [1.807, 2.05) is 0 Å². The van der Waals surface area contributed by atoms with Crippen LogP contribution >= 0.6 is 11.3 Å². The van der Waals surface area contributed by atoms with Gasteiger partial charge in [0.25, 0.3) is 5.91 Å². The Bertz CT molecular complexity index is 955. The minimum atomic E-state index is -4.45. The summed E-state index contributed by atoms with van der Waals surface area (Å²) in [6, 6.07) is 10.3. The zero-order chi connectivity index (χ0) is 20.1. The van der Waals surface area contributed by atoms with Gasteiger partial charge in [0.2, 0.25) is 0 Å². The van der Waals surface area contributed by atoms with Crippen LogP contribution in [-0.2, 0) is 19.3 Å². The second-order valence-electron chi connectivity index (χ2n) is 5.75. The Morgan fingerprint density at radius 1 is 1.14 bits per heavy atom. The number of benzene rings is 2. The summed E-state index contributed by atoms with van der Waals surface area (Å²) in [6.07, 6.45) is -4.45. The Kier molecular flexibility index (Phi) is 5.93. The second-order valence-corrected chi connectivity index (χ2v) is 6.69. The molecule has 0 saturated carbocycles. The summed E-state index contributed by atoms with van der Waals surface area (Å²) >= 11 is 1.16. The van der Waals surface area contributed by atoms with Gasteiger partial charge < -0.3 is 10.1 Å². The van der Waals surface area contributed by atoms with E-state index in [0.717, 1.165) is 29.0 Å². The van der Waals surface area contributed by atoms with Gasteiger partial charge in [-0.1, -0.05) is 18.2 Å². The van der Waals surface area contributed by atoms with Crippen molar-refractivity contribution in [1.82, 2.24) is 10.3 Å². The van der Waals surface area contributed by atoms with E-state index in [-0.39, 0.29) is 30.4 Å². The number of carbonyl (C=O) groups excluding carboxylic acids is 1. The van der Waals surface area contributed by atoms with Crippen LogP contribution in [0.2, 0.25) is 0 Å². The lowest BCUT2D eigenvalue weighted by Crippen LogP contribution is -2.23. The standard InChI is InChI=1S/C19H14F4N2O2S/c20-14-6-4-12(5-7-14)9-24-18(26)16-11-28-17(25-16)10-27-15-3-1-2-13(8-15)19(21,22)23/h1-8,11H,9-10H2,(H,24,26). The lowest BCUT2D eigenvalue weighted by Gasteiger charge is -2.09. The van der Waals surface area contributed by atoms with Crippen molar-refractivity contribution in [2.75, 3.05) is 0 Å². The summed E-state index contributed by atoms with van der Waals surface area (Å²) in [4.78, 5) is 16.2. The molecule has 3 aromatic rings. The minimum Gasteiger partial charge on any atom is -0.486 e. The first kappa shape index (κ1) is 19.8. The third-order valence-corrected chi connectivity index (χ3v) is 4.50. The van der Waals surface area contributed by atoms with Crippen molar-refractivity contribution in [3.8, 4) is 5.75 Å². The Morgan fingerprint density at radius 3 is 2.61 bits per heavy atom. The maximum Gasteiger partial charge on any atom is 0.416 e. The monoisotopic (exact) mass is 410 g/mol. The lowest BCUT2D eigenvalue weighted by molar-refractivity contribution is -0.137. The van der Waals surface area contributed by atoms with Crippen molar-refractivity contribution < 1.29 is 27.1 Å². The zero-order valence-corrected chi connectivity index (χ0v) is 15.1. The highest BCUT2D eigenvalue weighted by Crippen LogP contribution is 2.31. The van der Waals surface area contributed by atoms with E-state index in [9.17, 15) is 22.4 Å². The van der Waals surface area contributed by atoms with Crippen molar-refractivity contribution in [3.63, 3.8) is 0 Å². The number of thiazole rings is 1. The van der Waals surface area contributed by atoms with Crippen molar-refractivity contribution in [2.24, 2.45) is 0 Å². The van der Waals surface area contributed by atoms with Gasteiger partial charge >= 0.3 is 6.18 Å². The third kappa shape index (κ3) is 5.29. The molecule has 0 saturated heterocycles. The molecular formula is C19H14F4N2O2S. The van der Waals surface area contributed by atoms with Crippen LogP contribution in [0.1, 0.15) is 26.6 Å². The summed E-state index contributed by atoms with van der Waals surface area (Å²) < 4.78 is 56.3. The highest BCUT2D eigenvalue weighted by atomic mass is 32.1. The predicted octanol–water partition coefficient (Wildman–Crippen LogP) is 4.81. The van der Waals surface area contributed by atoms with Crippen LogP contribution in [-0.4, -0.2) is 10.9 Å². The number of ether oxygens (including phenoxy) is 1. The number of nitrogens with one attached hydrogen (secondary N) is 1. The van der Waals surface area contributed by atoms with Gasteiger partial charge in [-0.2, -0.15) is 13.2 Å². The van der Waals surface area contributed by atoms with Crippen LogP contribution < -0.4 is 10.1 Å². The molecule has 2 aromatic carbocycles. The second kappa shape index (κ2) is 8.39. The van der Waals surface area contributed by atoms with Crippen molar-refractivity contribution in [2.45, 2.75) is 19.3 Å². The summed E-state index contributed by atoms with van der Waals surface area (Å²) in [6.45, 7) is 0.157. The molecule has 1 aromatic heterocycles. The van der Waals surface area contributed by atoms with Crippen LogP contribution in [0.15, 0.2) is 53.9 Å². The van der Waals surface area contributed by atoms with Gasteiger partial charge in [-0.3, -0.25) is 4.79 Å². The summed E-state index contributed by atoms with van der Waals surface area (Å²) in [5.74, 6) is -0.710. The van der Waals surface area contributed by atoms with Gasteiger partial charge in [-0.25, -0.2) is 9.37 Å². The molecule has 0 aliphatic heterocycles. The average Bonchev–Trinajstić information content (AvgIpc) is 3.14. The van der Waals surface area contributed by atoms with E-state index < -0.39 is 17.6 Å². The fraction of sp³-hybridized carbons (Fsp3) is 0.158.